The van der Waals surface area contributed by atoms with Crippen LogP contribution in [0.15, 0.2) is 76.7 Å². The first-order valence-electron chi connectivity index (χ1n) is 11.7. The number of rotatable bonds is 9. The number of furan rings is 1. The van der Waals surface area contributed by atoms with Crippen LogP contribution in [0.25, 0.3) is 11.4 Å². The molecule has 5 aromatic rings. The number of thiophene rings is 1. The van der Waals surface area contributed by atoms with Gasteiger partial charge in [0.15, 0.2) is 0 Å². The normalized spacial score (nSPS) is 10.9. The van der Waals surface area contributed by atoms with Crippen LogP contribution in [0.3, 0.4) is 0 Å². The van der Waals surface area contributed by atoms with Gasteiger partial charge in [0.05, 0.1) is 34.9 Å². The molecule has 0 bridgehead atoms. The fourth-order valence-electron chi connectivity index (χ4n) is 3.82. The van der Waals surface area contributed by atoms with Gasteiger partial charge in [0.2, 0.25) is 5.78 Å². The Morgan fingerprint density at radius 2 is 2.00 bits per heavy atom. The molecule has 0 aliphatic carbocycles. The molecule has 0 fully saturated rings. The number of nitrogens with one attached hydrogen (secondary N) is 1. The summed E-state index contributed by atoms with van der Waals surface area (Å²) in [4.78, 5) is 50.1. The van der Waals surface area contributed by atoms with Crippen LogP contribution in [0, 0.1) is 0 Å². The smallest absolute Gasteiger partial charge is 0.283 e. The average Bonchev–Trinajstić information content (AvgIpc) is 3.70. The predicted molar refractivity (Wildman–Crippen MR) is 148 cm³/mol. The lowest BCUT2D eigenvalue weighted by molar-refractivity contribution is 0.0943. The van der Waals surface area contributed by atoms with E-state index >= 15 is 0 Å². The Labute approximate surface area is 231 Å². The van der Waals surface area contributed by atoms with Crippen molar-refractivity contribution in [1.29, 1.82) is 0 Å². The van der Waals surface area contributed by atoms with Crippen LogP contribution in [0.2, 0.25) is 4.34 Å². The zero-order valence-electron chi connectivity index (χ0n) is 20.9. The zero-order chi connectivity index (χ0) is 27.5. The number of carbonyl (C=O) groups is 2. The highest BCUT2D eigenvalue weighted by Gasteiger charge is 2.22. The van der Waals surface area contributed by atoms with E-state index in [1.165, 1.54) is 63.8 Å². The second-order valence-electron chi connectivity index (χ2n) is 8.64. The quantitative estimate of drug-likeness (QED) is 0.264. The van der Waals surface area contributed by atoms with Crippen LogP contribution in [-0.2, 0) is 13.1 Å². The van der Waals surface area contributed by atoms with Gasteiger partial charge < -0.3 is 14.6 Å². The van der Waals surface area contributed by atoms with E-state index < -0.39 is 11.5 Å². The molecule has 198 valence electrons. The summed E-state index contributed by atoms with van der Waals surface area (Å²) >= 11 is 7.48. The van der Waals surface area contributed by atoms with E-state index in [0.717, 1.165) is 4.88 Å². The van der Waals surface area contributed by atoms with Crippen molar-refractivity contribution in [2.24, 2.45) is 0 Å². The third-order valence-corrected chi connectivity index (χ3v) is 7.03. The second kappa shape index (κ2) is 11.1. The van der Waals surface area contributed by atoms with Crippen LogP contribution in [-0.4, -0.2) is 50.1 Å². The Kier molecular flexibility index (Phi) is 7.39. The summed E-state index contributed by atoms with van der Waals surface area (Å²) in [6.07, 6.45) is 5.46. The number of hydrogen-bond acceptors (Lipinski definition) is 10. The Morgan fingerprint density at radius 3 is 2.67 bits per heavy atom. The minimum atomic E-state index is -0.434. The number of nitrogens with zero attached hydrogens (tertiary/aromatic N) is 6. The highest BCUT2D eigenvalue weighted by Crippen LogP contribution is 2.27. The van der Waals surface area contributed by atoms with Gasteiger partial charge in [-0.05, 0) is 30.3 Å². The van der Waals surface area contributed by atoms with Crippen LogP contribution < -0.4 is 15.8 Å². The molecule has 0 atom stereocenters. The number of aromatic nitrogens is 5. The van der Waals surface area contributed by atoms with Gasteiger partial charge in [-0.15, -0.1) is 11.3 Å². The van der Waals surface area contributed by atoms with E-state index in [9.17, 15) is 14.4 Å². The number of anilines is 2. The van der Waals surface area contributed by atoms with Crippen molar-refractivity contribution in [2.45, 2.75) is 13.1 Å². The van der Waals surface area contributed by atoms with E-state index in [0.29, 0.717) is 39.3 Å². The molecule has 11 nitrogen and oxygen atoms in total. The van der Waals surface area contributed by atoms with Gasteiger partial charge in [0.1, 0.15) is 29.8 Å². The van der Waals surface area contributed by atoms with Crippen molar-refractivity contribution in [2.75, 3.05) is 24.3 Å². The number of hydrogen-bond donors (Lipinski definition) is 1. The monoisotopic (exact) mass is 563 g/mol. The minimum absolute atomic E-state index is 0.178. The summed E-state index contributed by atoms with van der Waals surface area (Å²) in [6, 6.07) is 11.5. The van der Waals surface area contributed by atoms with Gasteiger partial charge in [0.25, 0.3) is 11.5 Å². The molecular weight excluding hydrogens is 542 g/mol. The molecule has 13 heteroatoms. The second-order valence-corrected chi connectivity index (χ2v) is 10.4. The van der Waals surface area contributed by atoms with Crippen molar-refractivity contribution in [1.82, 2.24) is 24.3 Å². The van der Waals surface area contributed by atoms with Crippen molar-refractivity contribution < 1.29 is 14.0 Å². The Morgan fingerprint density at radius 1 is 1.15 bits per heavy atom. The largest absolute Gasteiger partial charge is 0.472 e. The SMILES string of the molecule is CN(C)c1cc(-c2cc(NCc3ccc(Cl)s3)n(C(=O)c3ccoc3)n2)n(CC(=O)c2ccncn2)c(=O)c1. The van der Waals surface area contributed by atoms with E-state index in [4.69, 9.17) is 16.0 Å². The number of halogens is 1. The first-order valence-corrected chi connectivity index (χ1v) is 12.9. The maximum atomic E-state index is 13.3. The van der Waals surface area contributed by atoms with Crippen molar-refractivity contribution in [3.8, 4) is 11.4 Å². The van der Waals surface area contributed by atoms with Gasteiger partial charge in [-0.3, -0.25) is 19.0 Å². The highest BCUT2D eigenvalue weighted by molar-refractivity contribution is 7.16. The van der Waals surface area contributed by atoms with Crippen molar-refractivity contribution in [3.05, 3.63) is 98.3 Å². The first-order chi connectivity index (χ1) is 18.8. The maximum Gasteiger partial charge on any atom is 0.283 e. The molecule has 5 aromatic heterocycles. The fourth-order valence-corrected chi connectivity index (χ4v) is 4.84. The fraction of sp³-hybridized carbons (Fsp3) is 0.154. The first kappa shape index (κ1) is 26.1. The number of carbonyl (C=O) groups excluding carboxylic acids is 2. The molecular formula is C26H22ClN7O4S. The van der Waals surface area contributed by atoms with E-state index in [2.05, 4.69) is 20.4 Å². The van der Waals surface area contributed by atoms with Crippen LogP contribution in [0.5, 0.6) is 0 Å². The summed E-state index contributed by atoms with van der Waals surface area (Å²) < 4.78 is 8.26. The molecule has 0 spiro atoms. The summed E-state index contributed by atoms with van der Waals surface area (Å²) in [5.74, 6) is -0.422. The van der Waals surface area contributed by atoms with Gasteiger partial charge in [-0.2, -0.15) is 9.78 Å². The molecule has 0 unspecified atom stereocenters. The van der Waals surface area contributed by atoms with E-state index in [-0.39, 0.29) is 18.0 Å². The molecule has 0 radical (unpaired) electrons. The minimum Gasteiger partial charge on any atom is -0.472 e. The van der Waals surface area contributed by atoms with Crippen molar-refractivity contribution >= 4 is 46.1 Å². The van der Waals surface area contributed by atoms with Crippen LogP contribution in [0.4, 0.5) is 11.5 Å². The van der Waals surface area contributed by atoms with E-state index in [1.54, 1.807) is 37.2 Å². The Bertz CT molecular complexity index is 1690. The van der Waals surface area contributed by atoms with Crippen molar-refractivity contribution in [3.63, 3.8) is 0 Å². The summed E-state index contributed by atoms with van der Waals surface area (Å²) in [6.45, 7) is 0.107. The summed E-state index contributed by atoms with van der Waals surface area (Å²) in [7, 11) is 3.60. The molecule has 5 rings (SSSR count). The molecule has 0 aliphatic rings. The molecule has 0 aromatic carbocycles. The standard InChI is InChI=1S/C26H22ClN7O4S/c1-32(2)17-9-21(33(25(36)10-17)13-22(35)19-5-7-28-15-30-19)20-11-24(29-12-18-3-4-23(27)39-18)34(31-20)26(37)16-6-8-38-14-16/h3-11,14-15,29H,12-13H2,1-2H3. The van der Waals surface area contributed by atoms with E-state index in [1.807, 2.05) is 6.07 Å². The lowest BCUT2D eigenvalue weighted by Crippen LogP contribution is -2.27. The molecule has 0 amide bonds. The Hall–Kier alpha value is -4.55. The zero-order valence-corrected chi connectivity index (χ0v) is 22.4. The third-order valence-electron chi connectivity index (χ3n) is 5.80. The lowest BCUT2D eigenvalue weighted by atomic mass is 10.2. The van der Waals surface area contributed by atoms with Crippen LogP contribution >= 0.6 is 22.9 Å². The van der Waals surface area contributed by atoms with Gasteiger partial charge in [-0.1, -0.05) is 11.6 Å². The number of ketones is 1. The Balaban J connectivity index is 1.60. The van der Waals surface area contributed by atoms with Gasteiger partial charge in [-0.25, -0.2) is 9.97 Å². The summed E-state index contributed by atoms with van der Waals surface area (Å²) in [5, 5.41) is 7.79. The van der Waals surface area contributed by atoms with Crippen LogP contribution in [0.1, 0.15) is 25.7 Å². The molecule has 1 N–H and O–H groups in total. The highest BCUT2D eigenvalue weighted by atomic mass is 35.5. The molecule has 39 heavy (non-hydrogen) atoms. The van der Waals surface area contributed by atoms with Gasteiger partial charge >= 0.3 is 0 Å². The topological polar surface area (TPSA) is 128 Å². The molecule has 5 heterocycles. The molecule has 0 aliphatic heterocycles. The number of Topliss-reactive ketones (excluding diaryl/α,β-unsaturated/α-hetero) is 1. The third kappa shape index (κ3) is 5.66. The average molecular weight is 564 g/mol. The lowest BCUT2D eigenvalue weighted by Gasteiger charge is -2.17. The molecule has 0 saturated carbocycles. The summed E-state index contributed by atoms with van der Waals surface area (Å²) in [5.41, 5.74) is 1.35. The maximum absolute atomic E-state index is 13.3. The molecule has 0 saturated heterocycles. The predicted octanol–water partition coefficient (Wildman–Crippen LogP) is 4.06. The van der Waals surface area contributed by atoms with Gasteiger partial charge in [0, 0.05) is 43.0 Å². The number of pyridine rings is 1.